The fourth-order valence-electron chi connectivity index (χ4n) is 10.2. The number of allylic oxidation sites excluding steroid dienone is 6. The number of carbonyl (C=O) groups excluding carboxylic acids is 3. The van der Waals surface area contributed by atoms with Crippen LogP contribution in [0, 0.1) is 6.92 Å². The van der Waals surface area contributed by atoms with Crippen molar-refractivity contribution in [2.45, 2.75) is 99.2 Å². The molecular weight excluding hydrogens is 1050 g/mol. The molecule has 0 spiro atoms. The second kappa shape index (κ2) is 19.6. The van der Waals surface area contributed by atoms with Gasteiger partial charge in [0.1, 0.15) is 11.4 Å². The highest BCUT2D eigenvalue weighted by molar-refractivity contribution is 7.87. The number of carbonyl (C=O) groups is 3. The molecule has 396 valence electrons. The zero-order valence-corrected chi connectivity index (χ0v) is 44.7. The molecule has 8 rings (SSSR count). The largest absolute Gasteiger partial charge is 0.365 e. The number of aromatic nitrogens is 1. The zero-order valence-electron chi connectivity index (χ0n) is 41.4. The molecular formula is C51H53N4O16S4+. The summed E-state index contributed by atoms with van der Waals surface area (Å²) >= 11 is 0. The van der Waals surface area contributed by atoms with E-state index in [1.165, 1.54) is 42.6 Å². The van der Waals surface area contributed by atoms with Crippen molar-refractivity contribution in [3.8, 4) is 0 Å². The van der Waals surface area contributed by atoms with Crippen LogP contribution in [0.25, 0.3) is 27.1 Å². The van der Waals surface area contributed by atoms with E-state index >= 15 is 0 Å². The van der Waals surface area contributed by atoms with Gasteiger partial charge in [0.05, 0.1) is 32.2 Å². The molecule has 3 aliphatic rings. The number of hydrogen-bond acceptors (Lipinski definition) is 14. The van der Waals surface area contributed by atoms with Gasteiger partial charge in [0.25, 0.3) is 52.3 Å². The first kappa shape index (κ1) is 54.7. The lowest BCUT2D eigenvalue weighted by molar-refractivity contribution is -0.438. The van der Waals surface area contributed by atoms with E-state index in [0.29, 0.717) is 51.1 Å². The van der Waals surface area contributed by atoms with Crippen LogP contribution in [0.15, 0.2) is 112 Å². The van der Waals surface area contributed by atoms with E-state index in [4.69, 9.17) is 4.84 Å². The Morgan fingerprint density at radius 3 is 1.97 bits per heavy atom. The molecule has 1 aromatic heterocycles. The third-order valence-corrected chi connectivity index (χ3v) is 17.1. The molecule has 4 N–H and O–H groups in total. The number of pyridine rings is 1. The number of nitrogens with zero attached hydrogens (tertiary/aromatic N) is 4. The van der Waals surface area contributed by atoms with Crippen LogP contribution < -0.4 is 4.90 Å². The van der Waals surface area contributed by atoms with Crippen LogP contribution in [0.2, 0.25) is 0 Å². The van der Waals surface area contributed by atoms with Gasteiger partial charge < -0.3 is 9.74 Å². The van der Waals surface area contributed by atoms with E-state index in [1.807, 2.05) is 39.0 Å². The Labute approximate surface area is 433 Å². The molecule has 4 heterocycles. The maximum absolute atomic E-state index is 13.2. The summed E-state index contributed by atoms with van der Waals surface area (Å²) in [6.07, 6.45) is 9.40. The van der Waals surface area contributed by atoms with Gasteiger partial charge in [0, 0.05) is 77.5 Å². The SMILES string of the molecule is CCCC[N+]1=C(/C=C/C(=C/C=C2/N(CCCS(=O)(=O)O)c3ccc4c(S(=O)(=O)O)cc(S(=O)(=O)O)cc4c3C2(C)C)c2ccc(C(=O)ON3C(=O)CCC3=O)cn2)C(C)(C)c2c1ccc1c(C)cc(S(=O)(=O)O)cc21. The van der Waals surface area contributed by atoms with Gasteiger partial charge in [-0.05, 0) is 115 Å². The lowest BCUT2D eigenvalue weighted by Crippen LogP contribution is -2.32. The molecule has 4 aromatic carbocycles. The van der Waals surface area contributed by atoms with Gasteiger partial charge >= 0.3 is 5.97 Å². The number of unbranched alkanes of at least 4 members (excludes halogenated alkanes) is 1. The molecule has 0 unspecified atom stereocenters. The molecule has 75 heavy (non-hydrogen) atoms. The van der Waals surface area contributed by atoms with Crippen molar-refractivity contribution in [1.82, 2.24) is 10.0 Å². The van der Waals surface area contributed by atoms with Crippen molar-refractivity contribution in [3.63, 3.8) is 0 Å². The molecule has 0 radical (unpaired) electrons. The molecule has 2 amide bonds. The predicted octanol–water partition coefficient (Wildman–Crippen LogP) is 7.43. The Kier molecular flexibility index (Phi) is 14.3. The third-order valence-electron chi connectivity index (χ3n) is 13.7. The summed E-state index contributed by atoms with van der Waals surface area (Å²) in [6.45, 7) is 11.7. The van der Waals surface area contributed by atoms with Crippen molar-refractivity contribution >= 4 is 102 Å². The third kappa shape index (κ3) is 10.6. The first-order valence-electron chi connectivity index (χ1n) is 23.5. The van der Waals surface area contributed by atoms with Crippen LogP contribution in [0.5, 0.6) is 0 Å². The van der Waals surface area contributed by atoms with Crippen LogP contribution >= 0.6 is 0 Å². The predicted molar refractivity (Wildman–Crippen MR) is 277 cm³/mol. The smallest absolute Gasteiger partial charge is 0.344 e. The summed E-state index contributed by atoms with van der Waals surface area (Å²) < 4.78 is 142. The minimum absolute atomic E-state index is 0.0204. The standard InChI is InChI=1S/C51H52N4O16S4/c1-7-8-22-53-40-16-13-35-30(2)25-33(73(62,63)64)26-37(35)47(40)50(3,4)43(53)18-11-31(39-15-10-32(29-52-39)49(58)71-55-45(56)20-21-46(55)57)12-19-44-51(5,6)48-38-27-34(74(65,66)67)28-42(75(68,69)70)36(38)14-17-41(48)54(44)23-9-24-72(59,60)61/h10-19,25-29H,7-9,20-24H2,1-6H3,(H3-,59,60,61,62,63,64,65,66,67,68,69,70)/p+1. The number of rotatable bonds is 16. The number of anilines is 1. The normalized spacial score (nSPS) is 17.6. The Bertz CT molecular complexity index is 3880. The molecule has 5 aromatic rings. The van der Waals surface area contributed by atoms with Gasteiger partial charge in [-0.2, -0.15) is 38.2 Å². The Hall–Kier alpha value is -6.51. The van der Waals surface area contributed by atoms with Gasteiger partial charge in [-0.1, -0.05) is 39.3 Å². The maximum Gasteiger partial charge on any atom is 0.365 e. The minimum atomic E-state index is -5.09. The number of aryl methyl sites for hydroxylation is 1. The topological polar surface area (TPSA) is 300 Å². The van der Waals surface area contributed by atoms with Gasteiger partial charge in [-0.25, -0.2) is 4.79 Å². The van der Waals surface area contributed by atoms with Crippen LogP contribution in [-0.4, -0.2) is 109 Å². The van der Waals surface area contributed by atoms with E-state index in [9.17, 15) is 66.3 Å². The zero-order chi connectivity index (χ0) is 55.0. The Morgan fingerprint density at radius 2 is 1.39 bits per heavy atom. The van der Waals surface area contributed by atoms with E-state index in [-0.39, 0.29) is 52.7 Å². The lowest BCUT2D eigenvalue weighted by Gasteiger charge is -2.27. The number of amides is 2. The molecule has 1 saturated heterocycles. The average Bonchev–Trinajstić information content (AvgIpc) is 3.83. The summed E-state index contributed by atoms with van der Waals surface area (Å²) in [5.74, 6) is -3.04. The molecule has 24 heteroatoms. The number of hydroxylamine groups is 2. The monoisotopic (exact) mass is 1110 g/mol. The van der Waals surface area contributed by atoms with Crippen LogP contribution in [0.3, 0.4) is 0 Å². The second-order valence-electron chi connectivity index (χ2n) is 19.5. The summed E-state index contributed by atoms with van der Waals surface area (Å²) in [5.41, 5.74) is 2.71. The van der Waals surface area contributed by atoms with Crippen molar-refractivity contribution in [3.05, 3.63) is 125 Å². The quantitative estimate of drug-likeness (QED) is 0.0323. The van der Waals surface area contributed by atoms with Crippen LogP contribution in [0.4, 0.5) is 11.4 Å². The molecule has 0 aliphatic carbocycles. The van der Waals surface area contributed by atoms with Gasteiger partial charge in [0.15, 0.2) is 5.71 Å². The summed E-state index contributed by atoms with van der Waals surface area (Å²) in [5, 5.41) is 1.74. The van der Waals surface area contributed by atoms with E-state index in [2.05, 4.69) is 9.56 Å². The highest BCUT2D eigenvalue weighted by Gasteiger charge is 2.46. The van der Waals surface area contributed by atoms with Crippen molar-refractivity contribution in [2.24, 2.45) is 0 Å². The van der Waals surface area contributed by atoms with Crippen molar-refractivity contribution < 1.29 is 75.7 Å². The fraction of sp³-hybridized carbons (Fsp3) is 0.314. The van der Waals surface area contributed by atoms with E-state index < -0.39 is 84.6 Å². The van der Waals surface area contributed by atoms with E-state index in [0.717, 1.165) is 41.3 Å². The van der Waals surface area contributed by atoms with Gasteiger partial charge in [-0.15, -0.1) is 5.06 Å². The van der Waals surface area contributed by atoms with Gasteiger partial charge in [-0.3, -0.25) is 32.8 Å². The first-order chi connectivity index (χ1) is 34.8. The minimum Gasteiger partial charge on any atom is -0.344 e. The molecule has 0 saturated carbocycles. The summed E-state index contributed by atoms with van der Waals surface area (Å²) in [4.78, 5) is 47.3. The molecule has 1 fully saturated rings. The number of imide groups is 1. The number of fused-ring (bicyclic) bond motifs is 6. The second-order valence-corrected chi connectivity index (χ2v) is 25.3. The number of hydrogen-bond donors (Lipinski definition) is 4. The lowest BCUT2D eigenvalue weighted by atomic mass is 9.78. The average molecular weight is 1110 g/mol. The van der Waals surface area contributed by atoms with Gasteiger partial charge in [0.2, 0.25) is 5.69 Å². The molecule has 0 bridgehead atoms. The highest BCUT2D eigenvalue weighted by atomic mass is 32.2. The van der Waals surface area contributed by atoms with Crippen LogP contribution in [0.1, 0.15) is 99.5 Å². The van der Waals surface area contributed by atoms with Crippen molar-refractivity contribution in [2.75, 3.05) is 23.7 Å². The maximum atomic E-state index is 13.2. The fourth-order valence-corrected chi connectivity index (χ4v) is 12.7. The Morgan fingerprint density at radius 1 is 0.760 bits per heavy atom. The highest BCUT2D eigenvalue weighted by Crippen LogP contribution is 2.52. The number of benzene rings is 4. The van der Waals surface area contributed by atoms with Crippen LogP contribution in [-0.2, 0) is 65.7 Å². The van der Waals surface area contributed by atoms with Crippen molar-refractivity contribution in [1.29, 1.82) is 0 Å². The van der Waals surface area contributed by atoms with E-state index in [1.54, 1.807) is 43.9 Å². The molecule has 20 nitrogen and oxygen atoms in total. The summed E-state index contributed by atoms with van der Waals surface area (Å²) in [6, 6.07) is 14.2. The Balaban J connectivity index is 1.33. The first-order valence-corrected chi connectivity index (χ1v) is 29.4. The molecule has 3 aliphatic heterocycles. The molecule has 0 atom stereocenters. The summed E-state index contributed by atoms with van der Waals surface area (Å²) in [7, 11) is -19.2.